The third kappa shape index (κ3) is 2.70. The molecule has 7 nitrogen and oxygen atoms in total. The Morgan fingerprint density at radius 2 is 1.76 bits per heavy atom. The number of benzene rings is 1. The fourth-order valence-electron chi connectivity index (χ4n) is 1.83. The lowest BCUT2D eigenvalue weighted by Gasteiger charge is -2.12. The van der Waals surface area contributed by atoms with Crippen LogP contribution in [0.5, 0.6) is 0 Å². The summed E-state index contributed by atoms with van der Waals surface area (Å²) in [7, 11) is 0. The number of anilines is 3. The van der Waals surface area contributed by atoms with Crippen LogP contribution in [0.4, 0.5) is 28.7 Å². The van der Waals surface area contributed by atoms with E-state index in [-0.39, 0.29) is 0 Å². The van der Waals surface area contributed by atoms with Crippen LogP contribution in [-0.4, -0.2) is 9.97 Å². The van der Waals surface area contributed by atoms with Crippen LogP contribution in [0.15, 0.2) is 20.9 Å². The van der Waals surface area contributed by atoms with Gasteiger partial charge in [0.1, 0.15) is 28.8 Å². The summed E-state index contributed by atoms with van der Waals surface area (Å²) >= 11 is 13.4. The van der Waals surface area contributed by atoms with Crippen molar-refractivity contribution in [2.24, 2.45) is 14.6 Å². The second-order valence-electron chi connectivity index (χ2n) is 4.13. The van der Waals surface area contributed by atoms with E-state index in [9.17, 15) is 0 Å². The zero-order valence-corrected chi connectivity index (χ0v) is 13.0. The Bertz CT molecular complexity index is 802. The summed E-state index contributed by atoms with van der Waals surface area (Å²) in [6.07, 6.45) is 0. The Morgan fingerprint density at radius 3 is 2.52 bits per heavy atom. The maximum atomic E-state index is 6.23. The molecule has 1 aromatic carbocycles. The van der Waals surface area contributed by atoms with E-state index in [0.29, 0.717) is 44.6 Å². The molecule has 0 aliphatic carbocycles. The fraction of sp³-hybridized carbons (Fsp3) is 0.0909. The molecule has 0 atom stereocenters. The average Bonchev–Trinajstić information content (AvgIpc) is 2.92. The van der Waals surface area contributed by atoms with Crippen molar-refractivity contribution in [2.75, 3.05) is 10.7 Å². The molecule has 4 N–H and O–H groups in total. The van der Waals surface area contributed by atoms with Gasteiger partial charge in [-0.2, -0.15) is 8.73 Å². The SMILES string of the molecule is Cc1nc(NN)cc(Nc2c(Cl)cc(Cl)c3c2N=S=N3)n1. The molecule has 0 unspecified atom stereocenters. The predicted molar refractivity (Wildman–Crippen MR) is 85.9 cm³/mol. The summed E-state index contributed by atoms with van der Waals surface area (Å²) in [4.78, 5) is 8.39. The first-order chi connectivity index (χ1) is 10.1. The number of hydrazine groups is 1. The third-order valence-corrected chi connectivity index (χ3v) is 3.80. The van der Waals surface area contributed by atoms with E-state index in [0.717, 1.165) is 11.4 Å². The molecule has 1 aromatic heterocycles. The van der Waals surface area contributed by atoms with E-state index in [1.165, 1.54) is 0 Å². The summed E-state index contributed by atoms with van der Waals surface area (Å²) in [5, 5.41) is 4.00. The van der Waals surface area contributed by atoms with Crippen LogP contribution in [0.1, 0.15) is 5.82 Å². The van der Waals surface area contributed by atoms with Gasteiger partial charge in [0.15, 0.2) is 0 Å². The minimum Gasteiger partial charge on any atom is -0.337 e. The van der Waals surface area contributed by atoms with Crippen molar-refractivity contribution in [1.29, 1.82) is 0 Å². The van der Waals surface area contributed by atoms with E-state index < -0.39 is 0 Å². The van der Waals surface area contributed by atoms with Crippen LogP contribution in [0.25, 0.3) is 0 Å². The first kappa shape index (κ1) is 14.2. The topological polar surface area (TPSA) is 101 Å². The second-order valence-corrected chi connectivity index (χ2v) is 5.47. The Kier molecular flexibility index (Phi) is 3.77. The fourth-order valence-corrected chi connectivity index (χ4v) is 2.99. The lowest BCUT2D eigenvalue weighted by Crippen LogP contribution is -2.10. The van der Waals surface area contributed by atoms with Crippen molar-refractivity contribution < 1.29 is 0 Å². The number of nitrogens with one attached hydrogen (secondary N) is 2. The minimum absolute atomic E-state index is 0.429. The van der Waals surface area contributed by atoms with Gasteiger partial charge in [-0.25, -0.2) is 15.8 Å². The Morgan fingerprint density at radius 1 is 1.05 bits per heavy atom. The average molecular weight is 342 g/mol. The maximum absolute atomic E-state index is 6.23. The monoisotopic (exact) mass is 341 g/mol. The van der Waals surface area contributed by atoms with E-state index in [2.05, 4.69) is 29.4 Å². The lowest BCUT2D eigenvalue weighted by atomic mass is 10.2. The molecule has 2 aromatic rings. The molecule has 0 saturated carbocycles. The number of aromatic nitrogens is 2. The first-order valence-corrected chi connectivity index (χ1v) is 7.26. The summed E-state index contributed by atoms with van der Waals surface area (Å²) in [5.74, 6) is 6.96. The van der Waals surface area contributed by atoms with Crippen LogP contribution in [-0.2, 0) is 11.4 Å². The maximum Gasteiger partial charge on any atom is 0.145 e. The van der Waals surface area contributed by atoms with Crippen LogP contribution in [0.3, 0.4) is 0 Å². The molecule has 0 fully saturated rings. The molecule has 10 heteroatoms. The smallest absolute Gasteiger partial charge is 0.145 e. The highest BCUT2D eigenvalue weighted by Crippen LogP contribution is 2.48. The zero-order chi connectivity index (χ0) is 15.0. The summed E-state index contributed by atoms with van der Waals surface area (Å²) in [6, 6.07) is 3.27. The largest absolute Gasteiger partial charge is 0.337 e. The summed E-state index contributed by atoms with van der Waals surface area (Å²) in [6.45, 7) is 1.76. The number of aryl methyl sites for hydroxylation is 1. The van der Waals surface area contributed by atoms with Crippen LogP contribution < -0.4 is 16.6 Å². The first-order valence-electron chi connectivity index (χ1n) is 5.78. The predicted octanol–water partition coefficient (Wildman–Crippen LogP) is 3.85. The van der Waals surface area contributed by atoms with Gasteiger partial charge in [0.05, 0.1) is 27.1 Å². The number of nitrogens with two attached hydrogens (primary N) is 1. The van der Waals surface area contributed by atoms with Crippen molar-refractivity contribution in [1.82, 2.24) is 9.97 Å². The Hall–Kier alpha value is -1.74. The summed E-state index contributed by atoms with van der Waals surface area (Å²) in [5.41, 5.74) is 4.26. The molecule has 0 bridgehead atoms. The molecule has 1 aliphatic rings. The number of nitrogens with zero attached hydrogens (tertiary/aromatic N) is 4. The van der Waals surface area contributed by atoms with Crippen molar-refractivity contribution in [3.05, 3.63) is 28.0 Å². The van der Waals surface area contributed by atoms with Crippen molar-refractivity contribution in [2.45, 2.75) is 6.92 Å². The van der Waals surface area contributed by atoms with Gasteiger partial charge in [-0.05, 0) is 13.0 Å². The molecule has 0 saturated heterocycles. The van der Waals surface area contributed by atoms with E-state index >= 15 is 0 Å². The molecule has 21 heavy (non-hydrogen) atoms. The highest BCUT2D eigenvalue weighted by Gasteiger charge is 2.19. The van der Waals surface area contributed by atoms with Gasteiger partial charge < -0.3 is 10.7 Å². The third-order valence-electron chi connectivity index (χ3n) is 2.68. The van der Waals surface area contributed by atoms with Crippen molar-refractivity contribution in [3.63, 3.8) is 0 Å². The van der Waals surface area contributed by atoms with Gasteiger partial charge in [-0.15, -0.1) is 0 Å². The van der Waals surface area contributed by atoms with Crippen LogP contribution in [0, 0.1) is 6.92 Å². The molecular weight excluding hydrogens is 333 g/mol. The number of fused-ring (bicyclic) bond motifs is 1. The number of hydrogen-bond donors (Lipinski definition) is 3. The molecule has 2 heterocycles. The number of nitrogen functional groups attached to an aromatic ring is 1. The van der Waals surface area contributed by atoms with Crippen molar-refractivity contribution in [3.8, 4) is 0 Å². The quantitative estimate of drug-likeness (QED) is 0.496. The molecule has 108 valence electrons. The summed E-state index contributed by atoms with van der Waals surface area (Å²) < 4.78 is 8.36. The Labute approximate surface area is 133 Å². The number of halogens is 2. The van der Waals surface area contributed by atoms with E-state index in [1.807, 2.05) is 0 Å². The normalized spacial score (nSPS) is 12.0. The molecular formula is C11H9Cl2N7S. The molecule has 3 rings (SSSR count). The van der Waals surface area contributed by atoms with Crippen LogP contribution >= 0.6 is 23.2 Å². The zero-order valence-electron chi connectivity index (χ0n) is 10.7. The molecule has 0 spiro atoms. The standard InChI is InChI=1S/C11H9Cl2N7S/c1-4-15-7(3-8(16-4)18-14)17-9-5(12)2-6(13)10-11(9)20-21-19-10/h2-3H,14H2,1H3,(H2,15,16,17,18). The highest BCUT2D eigenvalue weighted by molar-refractivity contribution is 7.58. The second kappa shape index (κ2) is 5.57. The Balaban J connectivity index is 2.06. The van der Waals surface area contributed by atoms with Gasteiger partial charge in [0.25, 0.3) is 0 Å². The van der Waals surface area contributed by atoms with Gasteiger partial charge in [0.2, 0.25) is 0 Å². The minimum atomic E-state index is 0.429. The molecule has 0 radical (unpaired) electrons. The van der Waals surface area contributed by atoms with Gasteiger partial charge in [0, 0.05) is 6.07 Å². The van der Waals surface area contributed by atoms with E-state index in [1.54, 1.807) is 19.1 Å². The van der Waals surface area contributed by atoms with Gasteiger partial charge >= 0.3 is 0 Å². The number of rotatable bonds is 3. The molecule has 0 amide bonds. The number of hydrogen-bond acceptors (Lipinski definition) is 7. The van der Waals surface area contributed by atoms with Crippen molar-refractivity contribution >= 4 is 63.3 Å². The highest BCUT2D eigenvalue weighted by atomic mass is 35.5. The van der Waals surface area contributed by atoms with Gasteiger partial charge in [-0.3, -0.25) is 0 Å². The van der Waals surface area contributed by atoms with E-state index in [4.69, 9.17) is 29.0 Å². The van der Waals surface area contributed by atoms with Gasteiger partial charge in [-0.1, -0.05) is 23.2 Å². The lowest BCUT2D eigenvalue weighted by molar-refractivity contribution is 1.05. The van der Waals surface area contributed by atoms with Crippen LogP contribution in [0.2, 0.25) is 10.0 Å². The molecule has 1 aliphatic heterocycles.